The Bertz CT molecular complexity index is 794. The lowest BCUT2D eigenvalue weighted by atomic mass is 10.2. The smallest absolute Gasteiger partial charge is 0.322 e. The molecule has 0 saturated carbocycles. The maximum Gasteiger partial charge on any atom is 0.322 e. The lowest BCUT2D eigenvalue weighted by Gasteiger charge is -2.23. The van der Waals surface area contributed by atoms with Crippen LogP contribution < -0.4 is 14.8 Å². The van der Waals surface area contributed by atoms with Crippen molar-refractivity contribution in [1.29, 1.82) is 0 Å². The van der Waals surface area contributed by atoms with Gasteiger partial charge >= 0.3 is 12.0 Å². The molecule has 0 bridgehead atoms. The van der Waals surface area contributed by atoms with E-state index in [1.807, 2.05) is 48.5 Å². The standard InChI is InChI=1S/C20H22N2O5/c1-2-25-19(23)10-11-22(20(24)21-16-6-4-3-5-7-16)13-15-8-9-17-18(12-15)27-14-26-17/h3-9,12H,2,10-11,13-14H2,1H3,(H,21,24). The van der Waals surface area contributed by atoms with Crippen molar-refractivity contribution in [2.75, 3.05) is 25.3 Å². The zero-order chi connectivity index (χ0) is 19.1. The SMILES string of the molecule is CCOC(=O)CCN(Cc1ccc2c(c1)OCO2)C(=O)Nc1ccccc1. The van der Waals surface area contributed by atoms with Crippen LogP contribution in [0.5, 0.6) is 11.5 Å². The molecule has 0 radical (unpaired) electrons. The Morgan fingerprint density at radius 2 is 1.89 bits per heavy atom. The van der Waals surface area contributed by atoms with Crippen LogP contribution in [-0.2, 0) is 16.1 Å². The third kappa shape index (κ3) is 5.13. The molecule has 7 nitrogen and oxygen atoms in total. The minimum Gasteiger partial charge on any atom is -0.466 e. The van der Waals surface area contributed by atoms with E-state index in [0.29, 0.717) is 30.3 Å². The number of para-hydroxylation sites is 1. The molecule has 0 atom stereocenters. The van der Waals surface area contributed by atoms with Crippen molar-refractivity contribution in [1.82, 2.24) is 4.90 Å². The van der Waals surface area contributed by atoms with Crippen LogP contribution in [0.2, 0.25) is 0 Å². The summed E-state index contributed by atoms with van der Waals surface area (Å²) in [6, 6.07) is 14.4. The van der Waals surface area contributed by atoms with E-state index in [2.05, 4.69) is 5.32 Å². The van der Waals surface area contributed by atoms with Gasteiger partial charge in [-0.3, -0.25) is 4.79 Å². The van der Waals surface area contributed by atoms with Crippen molar-refractivity contribution in [2.24, 2.45) is 0 Å². The van der Waals surface area contributed by atoms with Crippen LogP contribution in [0.15, 0.2) is 48.5 Å². The van der Waals surface area contributed by atoms with Crippen LogP contribution in [0.4, 0.5) is 10.5 Å². The molecule has 142 valence electrons. The monoisotopic (exact) mass is 370 g/mol. The van der Waals surface area contributed by atoms with Gasteiger partial charge in [-0.15, -0.1) is 0 Å². The number of fused-ring (bicyclic) bond motifs is 1. The molecule has 0 fully saturated rings. The van der Waals surface area contributed by atoms with Gasteiger partial charge in [0.25, 0.3) is 0 Å². The quantitative estimate of drug-likeness (QED) is 0.756. The second-order valence-corrected chi connectivity index (χ2v) is 5.96. The van der Waals surface area contributed by atoms with E-state index in [0.717, 1.165) is 5.56 Å². The Morgan fingerprint density at radius 1 is 1.11 bits per heavy atom. The van der Waals surface area contributed by atoms with E-state index >= 15 is 0 Å². The third-order valence-electron chi connectivity index (χ3n) is 4.01. The number of carbonyl (C=O) groups is 2. The molecule has 7 heteroatoms. The van der Waals surface area contributed by atoms with E-state index in [1.165, 1.54) is 0 Å². The van der Waals surface area contributed by atoms with E-state index in [1.54, 1.807) is 11.8 Å². The first-order valence-electron chi connectivity index (χ1n) is 8.81. The summed E-state index contributed by atoms with van der Waals surface area (Å²) in [4.78, 5) is 26.0. The number of ether oxygens (including phenoxy) is 3. The number of urea groups is 1. The zero-order valence-corrected chi connectivity index (χ0v) is 15.1. The Balaban J connectivity index is 1.70. The number of benzene rings is 2. The fourth-order valence-corrected chi connectivity index (χ4v) is 2.70. The molecular weight excluding hydrogens is 348 g/mol. The van der Waals surface area contributed by atoms with E-state index in [9.17, 15) is 9.59 Å². The van der Waals surface area contributed by atoms with Gasteiger partial charge < -0.3 is 24.4 Å². The molecule has 2 aromatic carbocycles. The van der Waals surface area contributed by atoms with Crippen molar-refractivity contribution in [3.63, 3.8) is 0 Å². The number of hydrogen-bond acceptors (Lipinski definition) is 5. The highest BCUT2D eigenvalue weighted by molar-refractivity contribution is 5.89. The predicted octanol–water partition coefficient (Wildman–Crippen LogP) is 3.40. The van der Waals surface area contributed by atoms with Crippen LogP contribution in [-0.4, -0.2) is 36.8 Å². The maximum atomic E-state index is 12.7. The summed E-state index contributed by atoms with van der Waals surface area (Å²) < 4.78 is 15.7. The van der Waals surface area contributed by atoms with Gasteiger partial charge in [-0.1, -0.05) is 24.3 Å². The summed E-state index contributed by atoms with van der Waals surface area (Å²) in [5.74, 6) is 1.01. The molecule has 0 aliphatic carbocycles. The van der Waals surface area contributed by atoms with Gasteiger partial charge in [-0.25, -0.2) is 4.79 Å². The van der Waals surface area contributed by atoms with Gasteiger partial charge in [-0.2, -0.15) is 0 Å². The van der Waals surface area contributed by atoms with Gasteiger partial charge in [0.2, 0.25) is 6.79 Å². The Morgan fingerprint density at radius 3 is 2.67 bits per heavy atom. The molecular formula is C20H22N2O5. The number of esters is 1. The van der Waals surface area contributed by atoms with Crippen LogP contribution in [0.1, 0.15) is 18.9 Å². The molecule has 0 spiro atoms. The molecule has 0 unspecified atom stereocenters. The average Bonchev–Trinajstić information content (AvgIpc) is 3.14. The zero-order valence-electron chi connectivity index (χ0n) is 15.1. The molecule has 1 aliphatic rings. The first kappa shape index (κ1) is 18.6. The van der Waals surface area contributed by atoms with Gasteiger partial charge in [0.1, 0.15) is 0 Å². The number of nitrogens with one attached hydrogen (secondary N) is 1. The van der Waals surface area contributed by atoms with Crippen LogP contribution in [0.25, 0.3) is 0 Å². The summed E-state index contributed by atoms with van der Waals surface area (Å²) in [6.45, 7) is 2.84. The number of hydrogen-bond donors (Lipinski definition) is 1. The minimum atomic E-state index is -0.333. The highest BCUT2D eigenvalue weighted by atomic mass is 16.7. The largest absolute Gasteiger partial charge is 0.466 e. The molecule has 0 saturated heterocycles. The first-order valence-corrected chi connectivity index (χ1v) is 8.81. The van der Waals surface area contributed by atoms with Crippen LogP contribution >= 0.6 is 0 Å². The highest BCUT2D eigenvalue weighted by Gasteiger charge is 2.19. The minimum absolute atomic E-state index is 0.126. The second-order valence-electron chi connectivity index (χ2n) is 5.96. The van der Waals surface area contributed by atoms with Gasteiger partial charge in [0, 0.05) is 18.8 Å². The number of carbonyl (C=O) groups excluding carboxylic acids is 2. The van der Waals surface area contributed by atoms with Gasteiger partial charge in [0.15, 0.2) is 11.5 Å². The topological polar surface area (TPSA) is 77.1 Å². The number of nitrogens with zero attached hydrogens (tertiary/aromatic N) is 1. The number of amides is 2. The van der Waals surface area contributed by atoms with Crippen molar-refractivity contribution >= 4 is 17.7 Å². The molecule has 27 heavy (non-hydrogen) atoms. The van der Waals surface area contributed by atoms with Crippen LogP contribution in [0, 0.1) is 0 Å². The number of anilines is 1. The molecule has 2 aromatic rings. The van der Waals surface area contributed by atoms with Crippen LogP contribution in [0.3, 0.4) is 0 Å². The van der Waals surface area contributed by atoms with Crippen molar-refractivity contribution in [3.8, 4) is 11.5 Å². The summed E-state index contributed by atoms with van der Waals surface area (Å²) in [5.41, 5.74) is 1.57. The fourth-order valence-electron chi connectivity index (χ4n) is 2.70. The Labute approximate surface area is 157 Å². The third-order valence-corrected chi connectivity index (χ3v) is 4.01. The molecule has 1 heterocycles. The molecule has 0 aromatic heterocycles. The lowest BCUT2D eigenvalue weighted by molar-refractivity contribution is -0.143. The Hall–Kier alpha value is -3.22. The molecule has 1 N–H and O–H groups in total. The summed E-state index contributed by atoms with van der Waals surface area (Å²) in [6.07, 6.45) is 0.126. The summed E-state index contributed by atoms with van der Waals surface area (Å²) >= 11 is 0. The van der Waals surface area contributed by atoms with Crippen molar-refractivity contribution in [3.05, 3.63) is 54.1 Å². The average molecular weight is 370 g/mol. The van der Waals surface area contributed by atoms with E-state index in [-0.39, 0.29) is 31.8 Å². The number of rotatable bonds is 7. The van der Waals surface area contributed by atoms with Crippen molar-refractivity contribution in [2.45, 2.75) is 19.9 Å². The summed E-state index contributed by atoms with van der Waals surface area (Å²) in [5, 5.41) is 2.85. The highest BCUT2D eigenvalue weighted by Crippen LogP contribution is 2.32. The summed E-state index contributed by atoms with van der Waals surface area (Å²) in [7, 11) is 0. The van der Waals surface area contributed by atoms with E-state index in [4.69, 9.17) is 14.2 Å². The lowest BCUT2D eigenvalue weighted by Crippen LogP contribution is -2.36. The normalized spacial score (nSPS) is 11.7. The predicted molar refractivity (Wildman–Crippen MR) is 99.7 cm³/mol. The fraction of sp³-hybridized carbons (Fsp3) is 0.300. The molecule has 2 amide bonds. The van der Waals surface area contributed by atoms with Gasteiger partial charge in [0.05, 0.1) is 13.0 Å². The maximum absolute atomic E-state index is 12.7. The first-order chi connectivity index (χ1) is 13.2. The van der Waals surface area contributed by atoms with Gasteiger partial charge in [-0.05, 0) is 36.8 Å². The Kier molecular flexibility index (Phi) is 6.14. The molecule has 3 rings (SSSR count). The van der Waals surface area contributed by atoms with E-state index < -0.39 is 0 Å². The van der Waals surface area contributed by atoms with Crippen molar-refractivity contribution < 1.29 is 23.8 Å². The molecule has 1 aliphatic heterocycles. The second kappa shape index (κ2) is 8.93.